The molecule has 1 atom stereocenters. The third kappa shape index (κ3) is 2.66. The lowest BCUT2D eigenvalue weighted by Crippen LogP contribution is -2.21. The van der Waals surface area contributed by atoms with Gasteiger partial charge in [-0.15, -0.1) is 0 Å². The van der Waals surface area contributed by atoms with Crippen LogP contribution in [0, 0.1) is 0 Å². The smallest absolute Gasteiger partial charge is 0.186 e. The molecular weight excluding hydrogens is 236 g/mol. The van der Waals surface area contributed by atoms with E-state index in [0.717, 1.165) is 54.3 Å². The standard InChI is InChI=1S/C12H18N2O2S/c1-3-4-10-11(8-15)17-12(13-10)14-6-5-9(7-14)16-2/h8-9H,3-7H2,1-2H3. The maximum atomic E-state index is 11.0. The van der Waals surface area contributed by atoms with Gasteiger partial charge in [-0.1, -0.05) is 24.7 Å². The van der Waals surface area contributed by atoms with Crippen LogP contribution in [0.15, 0.2) is 0 Å². The van der Waals surface area contributed by atoms with Crippen molar-refractivity contribution in [3.8, 4) is 0 Å². The Labute approximate surface area is 106 Å². The zero-order valence-electron chi connectivity index (χ0n) is 10.3. The van der Waals surface area contributed by atoms with Gasteiger partial charge in [0.1, 0.15) is 0 Å². The highest BCUT2D eigenvalue weighted by atomic mass is 32.1. The molecule has 0 amide bonds. The number of nitrogens with zero attached hydrogens (tertiary/aromatic N) is 2. The van der Waals surface area contributed by atoms with Crippen molar-refractivity contribution in [1.82, 2.24) is 4.98 Å². The van der Waals surface area contributed by atoms with Crippen LogP contribution in [-0.2, 0) is 11.2 Å². The minimum absolute atomic E-state index is 0.299. The first-order valence-corrected chi connectivity index (χ1v) is 6.82. The molecule has 0 radical (unpaired) electrons. The van der Waals surface area contributed by atoms with Crippen molar-refractivity contribution in [2.75, 3.05) is 25.1 Å². The molecule has 0 saturated carbocycles. The third-order valence-corrected chi connectivity index (χ3v) is 4.14. The minimum atomic E-state index is 0.299. The number of thiazole rings is 1. The predicted octanol–water partition coefficient (Wildman–Crippen LogP) is 2.13. The number of anilines is 1. The van der Waals surface area contributed by atoms with Crippen LogP contribution in [0.1, 0.15) is 35.1 Å². The summed E-state index contributed by atoms with van der Waals surface area (Å²) in [5.74, 6) is 0. The number of aldehydes is 1. The normalized spacial score (nSPS) is 19.9. The number of carbonyl (C=O) groups excluding carboxylic acids is 1. The van der Waals surface area contributed by atoms with Crippen LogP contribution in [0.4, 0.5) is 5.13 Å². The van der Waals surface area contributed by atoms with Gasteiger partial charge in [0, 0.05) is 20.2 Å². The van der Waals surface area contributed by atoms with E-state index in [9.17, 15) is 4.79 Å². The topological polar surface area (TPSA) is 42.4 Å². The van der Waals surface area contributed by atoms with E-state index in [-0.39, 0.29) is 0 Å². The second kappa shape index (κ2) is 5.60. The van der Waals surface area contributed by atoms with Gasteiger partial charge in [-0.2, -0.15) is 0 Å². The van der Waals surface area contributed by atoms with Crippen LogP contribution in [0.25, 0.3) is 0 Å². The first-order chi connectivity index (χ1) is 8.28. The van der Waals surface area contributed by atoms with Crippen LogP contribution in [0.5, 0.6) is 0 Å². The van der Waals surface area contributed by atoms with Crippen LogP contribution in [0.3, 0.4) is 0 Å². The highest BCUT2D eigenvalue weighted by Gasteiger charge is 2.25. The minimum Gasteiger partial charge on any atom is -0.380 e. The second-order valence-electron chi connectivity index (χ2n) is 4.27. The Bertz CT molecular complexity index is 392. The molecule has 2 heterocycles. The van der Waals surface area contributed by atoms with Crippen LogP contribution in [-0.4, -0.2) is 37.6 Å². The largest absolute Gasteiger partial charge is 0.380 e. The molecule has 5 heteroatoms. The van der Waals surface area contributed by atoms with Crippen molar-refractivity contribution in [2.24, 2.45) is 0 Å². The lowest BCUT2D eigenvalue weighted by Gasteiger charge is -2.13. The number of hydrogen-bond acceptors (Lipinski definition) is 5. The summed E-state index contributed by atoms with van der Waals surface area (Å²) in [6.07, 6.45) is 4.16. The Morgan fingerprint density at radius 1 is 1.65 bits per heavy atom. The van der Waals surface area contributed by atoms with Crippen molar-refractivity contribution in [3.63, 3.8) is 0 Å². The fourth-order valence-corrected chi connectivity index (χ4v) is 3.05. The van der Waals surface area contributed by atoms with Crippen LogP contribution >= 0.6 is 11.3 Å². The fourth-order valence-electron chi connectivity index (χ4n) is 2.09. The van der Waals surface area contributed by atoms with Crippen LogP contribution < -0.4 is 4.90 Å². The van der Waals surface area contributed by atoms with Gasteiger partial charge in [0.2, 0.25) is 0 Å². The summed E-state index contributed by atoms with van der Waals surface area (Å²) >= 11 is 1.50. The molecule has 0 aromatic carbocycles. The first-order valence-electron chi connectivity index (χ1n) is 6.01. The van der Waals surface area contributed by atoms with E-state index in [1.807, 2.05) is 0 Å². The molecule has 94 valence electrons. The number of methoxy groups -OCH3 is 1. The number of rotatable bonds is 5. The molecule has 17 heavy (non-hydrogen) atoms. The molecule has 0 aliphatic carbocycles. The number of aryl methyl sites for hydroxylation is 1. The van der Waals surface area contributed by atoms with Crippen molar-refractivity contribution in [2.45, 2.75) is 32.3 Å². The first kappa shape index (κ1) is 12.5. The van der Waals surface area contributed by atoms with Gasteiger partial charge in [-0.05, 0) is 12.8 Å². The predicted molar refractivity (Wildman–Crippen MR) is 69.1 cm³/mol. The average molecular weight is 254 g/mol. The molecule has 1 aliphatic heterocycles. The maximum Gasteiger partial charge on any atom is 0.186 e. The van der Waals surface area contributed by atoms with Crippen molar-refractivity contribution < 1.29 is 9.53 Å². The Morgan fingerprint density at radius 3 is 3.06 bits per heavy atom. The van der Waals surface area contributed by atoms with E-state index in [4.69, 9.17) is 4.74 Å². The Balaban J connectivity index is 2.13. The van der Waals surface area contributed by atoms with Gasteiger partial charge in [-0.25, -0.2) is 4.98 Å². The summed E-state index contributed by atoms with van der Waals surface area (Å²) in [6.45, 7) is 3.95. The highest BCUT2D eigenvalue weighted by Crippen LogP contribution is 2.29. The average Bonchev–Trinajstić information content (AvgIpc) is 2.94. The molecule has 1 saturated heterocycles. The number of hydrogen-bond donors (Lipinski definition) is 0. The molecule has 0 bridgehead atoms. The van der Waals surface area contributed by atoms with Crippen molar-refractivity contribution in [1.29, 1.82) is 0 Å². The molecule has 0 N–H and O–H groups in total. The van der Waals surface area contributed by atoms with Gasteiger partial charge >= 0.3 is 0 Å². The molecule has 1 aromatic heterocycles. The van der Waals surface area contributed by atoms with E-state index < -0.39 is 0 Å². The van der Waals surface area contributed by atoms with Crippen LogP contribution in [0.2, 0.25) is 0 Å². The Kier molecular flexibility index (Phi) is 4.12. The highest BCUT2D eigenvalue weighted by molar-refractivity contribution is 7.17. The zero-order valence-corrected chi connectivity index (χ0v) is 11.1. The van der Waals surface area contributed by atoms with Gasteiger partial charge in [0.05, 0.1) is 16.7 Å². The molecule has 1 aliphatic rings. The molecule has 1 unspecified atom stereocenters. The number of ether oxygens (including phenoxy) is 1. The molecule has 1 aromatic rings. The maximum absolute atomic E-state index is 11.0. The lowest BCUT2D eigenvalue weighted by atomic mass is 10.2. The molecule has 2 rings (SSSR count). The lowest BCUT2D eigenvalue weighted by molar-refractivity contribution is 0.112. The summed E-state index contributed by atoms with van der Waals surface area (Å²) in [5, 5.41) is 0.968. The van der Waals surface area contributed by atoms with Gasteiger partial charge in [-0.3, -0.25) is 4.79 Å². The summed E-state index contributed by atoms with van der Waals surface area (Å²) in [5.41, 5.74) is 0.948. The Morgan fingerprint density at radius 2 is 2.47 bits per heavy atom. The monoisotopic (exact) mass is 254 g/mol. The van der Waals surface area contributed by atoms with E-state index in [1.165, 1.54) is 11.3 Å². The fraction of sp³-hybridized carbons (Fsp3) is 0.667. The van der Waals surface area contributed by atoms with E-state index in [2.05, 4.69) is 16.8 Å². The van der Waals surface area contributed by atoms with E-state index in [1.54, 1.807) is 7.11 Å². The van der Waals surface area contributed by atoms with E-state index in [0.29, 0.717) is 6.10 Å². The van der Waals surface area contributed by atoms with Gasteiger partial charge in [0.25, 0.3) is 0 Å². The summed E-state index contributed by atoms with van der Waals surface area (Å²) < 4.78 is 5.34. The number of aromatic nitrogens is 1. The SMILES string of the molecule is CCCc1nc(N2CCC(OC)C2)sc1C=O. The quantitative estimate of drug-likeness (QED) is 0.755. The molecule has 4 nitrogen and oxygen atoms in total. The summed E-state index contributed by atoms with van der Waals surface area (Å²) in [4.78, 5) is 18.6. The zero-order chi connectivity index (χ0) is 12.3. The summed E-state index contributed by atoms with van der Waals surface area (Å²) in [6, 6.07) is 0. The van der Waals surface area contributed by atoms with Crippen molar-refractivity contribution >= 4 is 22.8 Å². The van der Waals surface area contributed by atoms with Gasteiger partial charge in [0.15, 0.2) is 11.4 Å². The summed E-state index contributed by atoms with van der Waals surface area (Å²) in [7, 11) is 1.75. The van der Waals surface area contributed by atoms with E-state index >= 15 is 0 Å². The van der Waals surface area contributed by atoms with Gasteiger partial charge < -0.3 is 9.64 Å². The number of carbonyl (C=O) groups is 1. The molecular formula is C12H18N2O2S. The third-order valence-electron chi connectivity index (χ3n) is 3.06. The molecule has 1 fully saturated rings. The molecule has 0 spiro atoms. The van der Waals surface area contributed by atoms with Crippen molar-refractivity contribution in [3.05, 3.63) is 10.6 Å². The Hall–Kier alpha value is -0.940. The second-order valence-corrected chi connectivity index (χ2v) is 5.28.